The molecule has 7 nitrogen and oxygen atoms in total. The Kier molecular flexibility index (Phi) is 6.83. The summed E-state index contributed by atoms with van der Waals surface area (Å²) in [7, 11) is -3.77. The van der Waals surface area contributed by atoms with Crippen molar-refractivity contribution in [1.82, 2.24) is 15.3 Å². The van der Waals surface area contributed by atoms with Crippen LogP contribution in [-0.2, 0) is 14.6 Å². The number of aromatic nitrogens is 2. The van der Waals surface area contributed by atoms with E-state index >= 15 is 0 Å². The molecule has 11 heteroatoms. The van der Waals surface area contributed by atoms with Crippen molar-refractivity contribution in [3.63, 3.8) is 0 Å². The van der Waals surface area contributed by atoms with E-state index in [9.17, 15) is 13.2 Å². The van der Waals surface area contributed by atoms with Crippen LogP contribution in [0.3, 0.4) is 0 Å². The molecule has 0 aliphatic heterocycles. The molecule has 0 aliphatic rings. The Balaban J connectivity index is 2.12. The molecule has 2 aromatic rings. The maximum Gasteiger partial charge on any atom is 0.230 e. The molecular formula is C14H17BrN4O3S3. The van der Waals surface area contributed by atoms with E-state index in [0.717, 1.165) is 29.5 Å². The van der Waals surface area contributed by atoms with Gasteiger partial charge in [-0.1, -0.05) is 18.7 Å². The number of rotatable bonds is 7. The van der Waals surface area contributed by atoms with Gasteiger partial charge >= 0.3 is 0 Å². The van der Waals surface area contributed by atoms with E-state index in [0.29, 0.717) is 3.79 Å². The summed E-state index contributed by atoms with van der Waals surface area (Å²) in [5, 5.41) is 3.08. The van der Waals surface area contributed by atoms with Gasteiger partial charge in [0.2, 0.25) is 15.7 Å². The molecule has 2 aromatic heterocycles. The van der Waals surface area contributed by atoms with Crippen LogP contribution in [0.1, 0.15) is 20.3 Å². The lowest BCUT2D eigenvalue weighted by Gasteiger charge is -2.11. The summed E-state index contributed by atoms with van der Waals surface area (Å²) in [6.07, 6.45) is 2.02. The van der Waals surface area contributed by atoms with Crippen molar-refractivity contribution in [2.45, 2.75) is 40.6 Å². The third-order valence-corrected chi connectivity index (χ3v) is 7.96. The highest BCUT2D eigenvalue weighted by Crippen LogP contribution is 2.32. The normalized spacial score (nSPS) is 12.8. The number of amides is 1. The van der Waals surface area contributed by atoms with Crippen LogP contribution in [0, 0.1) is 0 Å². The Morgan fingerprint density at radius 1 is 1.48 bits per heavy atom. The monoisotopic (exact) mass is 464 g/mol. The molecule has 2 heterocycles. The van der Waals surface area contributed by atoms with E-state index in [1.54, 1.807) is 6.07 Å². The second-order valence-electron chi connectivity index (χ2n) is 5.13. The molecule has 0 saturated heterocycles. The fraction of sp³-hybridized carbons (Fsp3) is 0.357. The molecule has 0 radical (unpaired) electrons. The summed E-state index contributed by atoms with van der Waals surface area (Å²) < 4.78 is 26.0. The zero-order valence-corrected chi connectivity index (χ0v) is 17.6. The Morgan fingerprint density at radius 2 is 2.20 bits per heavy atom. The molecular weight excluding hydrogens is 448 g/mol. The minimum Gasteiger partial charge on any atom is -0.382 e. The molecule has 0 fully saturated rings. The van der Waals surface area contributed by atoms with Gasteiger partial charge in [0.15, 0.2) is 5.16 Å². The van der Waals surface area contributed by atoms with Gasteiger partial charge in [0.25, 0.3) is 0 Å². The van der Waals surface area contributed by atoms with E-state index in [4.69, 9.17) is 5.73 Å². The zero-order chi connectivity index (χ0) is 18.6. The lowest BCUT2D eigenvalue weighted by atomic mass is 10.3. The summed E-state index contributed by atoms with van der Waals surface area (Å²) >= 11 is 5.42. The molecule has 2 rings (SSSR count). The fourth-order valence-electron chi connectivity index (χ4n) is 1.74. The van der Waals surface area contributed by atoms with Crippen LogP contribution in [0.2, 0.25) is 0 Å². The number of nitrogen functional groups attached to an aromatic ring is 1. The SMILES string of the molecule is CC[C@@H](C)NC(=O)CSc1ncc(S(=O)(=O)c2ccc(Br)s2)c(N)n1. The zero-order valence-electron chi connectivity index (χ0n) is 13.5. The first-order chi connectivity index (χ1) is 11.7. The molecule has 0 aromatic carbocycles. The number of carbonyl (C=O) groups excluding carboxylic acids is 1. The maximum atomic E-state index is 12.6. The first-order valence-electron chi connectivity index (χ1n) is 7.29. The molecule has 136 valence electrons. The number of sulfone groups is 1. The Morgan fingerprint density at radius 3 is 2.76 bits per heavy atom. The predicted octanol–water partition coefficient (Wildman–Crippen LogP) is 2.72. The van der Waals surface area contributed by atoms with E-state index < -0.39 is 9.84 Å². The molecule has 0 spiro atoms. The summed E-state index contributed by atoms with van der Waals surface area (Å²) in [5.41, 5.74) is 5.81. The highest BCUT2D eigenvalue weighted by atomic mass is 79.9. The quantitative estimate of drug-likeness (QED) is 0.477. The molecule has 25 heavy (non-hydrogen) atoms. The number of hydrogen-bond donors (Lipinski definition) is 2. The van der Waals surface area contributed by atoms with Crippen molar-refractivity contribution < 1.29 is 13.2 Å². The van der Waals surface area contributed by atoms with Crippen molar-refractivity contribution in [3.05, 3.63) is 22.1 Å². The van der Waals surface area contributed by atoms with Gasteiger partial charge in [0.05, 0.1) is 15.7 Å². The first kappa shape index (κ1) is 20.1. The van der Waals surface area contributed by atoms with Crippen LogP contribution < -0.4 is 11.1 Å². The third kappa shape index (κ3) is 5.16. The standard InChI is InChI=1S/C14H17BrN4O3S3/c1-3-8(2)18-11(20)7-23-14-17-6-9(13(16)19-14)25(21,22)12-5-4-10(15)24-12/h4-6,8H,3,7H2,1-2H3,(H,18,20)(H2,16,17,19)/t8-/m1/s1. The van der Waals surface area contributed by atoms with E-state index in [1.165, 1.54) is 12.3 Å². The topological polar surface area (TPSA) is 115 Å². The summed E-state index contributed by atoms with van der Waals surface area (Å²) in [6.45, 7) is 3.90. The van der Waals surface area contributed by atoms with E-state index in [2.05, 4.69) is 31.2 Å². The highest BCUT2D eigenvalue weighted by Gasteiger charge is 2.24. The Bertz CT molecular complexity index is 870. The Labute approximate surface area is 162 Å². The van der Waals surface area contributed by atoms with Gasteiger partial charge in [0, 0.05) is 6.04 Å². The molecule has 0 saturated carbocycles. The molecule has 0 aliphatic carbocycles. The first-order valence-corrected chi connectivity index (χ1v) is 11.4. The molecule has 3 N–H and O–H groups in total. The number of halogens is 1. The predicted molar refractivity (Wildman–Crippen MR) is 103 cm³/mol. The van der Waals surface area contributed by atoms with Gasteiger partial charge in [-0.15, -0.1) is 11.3 Å². The second-order valence-corrected chi connectivity index (χ2v) is 10.7. The van der Waals surface area contributed by atoms with Crippen LogP contribution in [0.4, 0.5) is 5.82 Å². The maximum absolute atomic E-state index is 12.6. The number of carbonyl (C=O) groups is 1. The van der Waals surface area contributed by atoms with Gasteiger partial charge in [0.1, 0.15) is 14.9 Å². The van der Waals surface area contributed by atoms with Crippen molar-refractivity contribution in [2.24, 2.45) is 0 Å². The lowest BCUT2D eigenvalue weighted by Crippen LogP contribution is -2.33. The van der Waals surface area contributed by atoms with Gasteiger partial charge in [-0.2, -0.15) is 0 Å². The largest absolute Gasteiger partial charge is 0.382 e. The number of anilines is 1. The second kappa shape index (κ2) is 8.47. The van der Waals surface area contributed by atoms with Crippen LogP contribution in [0.25, 0.3) is 0 Å². The highest BCUT2D eigenvalue weighted by molar-refractivity contribution is 9.11. The summed E-state index contributed by atoms with van der Waals surface area (Å²) in [4.78, 5) is 19.6. The average molecular weight is 465 g/mol. The van der Waals surface area contributed by atoms with Crippen molar-refractivity contribution in [2.75, 3.05) is 11.5 Å². The number of thioether (sulfide) groups is 1. The van der Waals surface area contributed by atoms with Gasteiger partial charge in [-0.05, 0) is 41.4 Å². The van der Waals surface area contributed by atoms with Crippen molar-refractivity contribution in [1.29, 1.82) is 0 Å². The third-order valence-electron chi connectivity index (χ3n) is 3.22. The van der Waals surface area contributed by atoms with Crippen LogP contribution in [0.15, 0.2) is 36.4 Å². The van der Waals surface area contributed by atoms with Crippen LogP contribution in [-0.4, -0.2) is 36.1 Å². The van der Waals surface area contributed by atoms with Gasteiger partial charge in [-0.25, -0.2) is 18.4 Å². The minimum atomic E-state index is -3.77. The number of hydrogen-bond acceptors (Lipinski definition) is 8. The number of nitrogens with zero attached hydrogens (tertiary/aromatic N) is 2. The van der Waals surface area contributed by atoms with Gasteiger partial charge in [-0.3, -0.25) is 4.79 Å². The Hall–Kier alpha value is -1.17. The van der Waals surface area contributed by atoms with Gasteiger partial charge < -0.3 is 11.1 Å². The van der Waals surface area contributed by atoms with E-state index in [1.807, 2.05) is 13.8 Å². The average Bonchev–Trinajstić information content (AvgIpc) is 3.00. The molecule has 1 amide bonds. The molecule has 1 atom stereocenters. The summed E-state index contributed by atoms with van der Waals surface area (Å²) in [5.74, 6) is -0.140. The van der Waals surface area contributed by atoms with Crippen molar-refractivity contribution in [3.8, 4) is 0 Å². The van der Waals surface area contributed by atoms with E-state index in [-0.39, 0.29) is 37.8 Å². The number of nitrogens with one attached hydrogen (secondary N) is 1. The minimum absolute atomic E-state index is 0.0942. The number of thiophene rings is 1. The van der Waals surface area contributed by atoms with Crippen LogP contribution in [0.5, 0.6) is 0 Å². The smallest absolute Gasteiger partial charge is 0.230 e. The fourth-order valence-corrected chi connectivity index (χ4v) is 5.77. The van der Waals surface area contributed by atoms with Crippen LogP contribution >= 0.6 is 39.0 Å². The molecule has 0 bridgehead atoms. The van der Waals surface area contributed by atoms with Crippen molar-refractivity contribution >= 4 is 60.6 Å². The molecule has 0 unspecified atom stereocenters. The number of nitrogens with two attached hydrogens (primary N) is 1. The lowest BCUT2D eigenvalue weighted by molar-refractivity contribution is -0.119. The summed E-state index contributed by atoms with van der Waals surface area (Å²) in [6, 6.07) is 3.23.